The molecule has 0 radical (unpaired) electrons. The first-order valence-electron chi connectivity index (χ1n) is 10.4. The third-order valence-electron chi connectivity index (χ3n) is 4.49. The van der Waals surface area contributed by atoms with Crippen molar-refractivity contribution >= 4 is 41.7 Å². The van der Waals surface area contributed by atoms with Crippen LogP contribution in [0.2, 0.25) is 0 Å². The van der Waals surface area contributed by atoms with Gasteiger partial charge < -0.3 is 19.8 Å². The van der Waals surface area contributed by atoms with E-state index in [1.165, 1.54) is 0 Å². The molecule has 1 aromatic heterocycles. The number of carbonyl (C=O) groups is 1. The van der Waals surface area contributed by atoms with Gasteiger partial charge in [-0.15, -0.1) is 24.0 Å². The van der Waals surface area contributed by atoms with Crippen LogP contribution in [0, 0.1) is 0 Å². The van der Waals surface area contributed by atoms with Gasteiger partial charge in [-0.25, -0.2) is 4.79 Å². The Labute approximate surface area is 208 Å². The van der Waals surface area contributed by atoms with Crippen molar-refractivity contribution in [2.45, 2.75) is 38.8 Å². The highest BCUT2D eigenvalue weighted by atomic mass is 127. The maximum Gasteiger partial charge on any atom is 0.412 e. The third-order valence-corrected chi connectivity index (χ3v) is 4.49. The summed E-state index contributed by atoms with van der Waals surface area (Å²) in [5.74, 6) is 1.65. The highest BCUT2D eigenvalue weighted by Gasteiger charge is 2.17. The molecule has 0 aliphatic rings. The predicted octanol–water partition coefficient (Wildman–Crippen LogP) is 4.26. The number of halogens is 1. The molecule has 178 valence electrons. The summed E-state index contributed by atoms with van der Waals surface area (Å²) in [4.78, 5) is 18.2. The Morgan fingerprint density at radius 2 is 1.84 bits per heavy atom. The molecule has 1 amide bonds. The molecule has 9 heteroatoms. The van der Waals surface area contributed by atoms with E-state index >= 15 is 0 Å². The van der Waals surface area contributed by atoms with Gasteiger partial charge in [0.1, 0.15) is 11.4 Å². The fourth-order valence-corrected chi connectivity index (χ4v) is 2.93. The molecular formula is C23H36IN5O3. The summed E-state index contributed by atoms with van der Waals surface area (Å²) in [6.07, 6.45) is 2.05. The van der Waals surface area contributed by atoms with Crippen molar-refractivity contribution in [3.05, 3.63) is 54.0 Å². The zero-order chi connectivity index (χ0) is 22.9. The Hall–Kier alpha value is -2.27. The fraction of sp³-hybridized carbons (Fsp3) is 0.478. The third kappa shape index (κ3) is 9.90. The predicted molar refractivity (Wildman–Crippen MR) is 140 cm³/mol. The van der Waals surface area contributed by atoms with E-state index in [0.29, 0.717) is 12.2 Å². The molecule has 1 atom stereocenters. The molecule has 0 bridgehead atoms. The van der Waals surface area contributed by atoms with Crippen molar-refractivity contribution in [3.8, 4) is 0 Å². The maximum absolute atomic E-state index is 11.8. The SMILES string of the molecule is CN=C(NCCc1ccc(NC(=O)OC(C)(C)C)cc1)NCC(c1ccco1)N(C)C.I. The van der Waals surface area contributed by atoms with Gasteiger partial charge in [0.05, 0.1) is 12.3 Å². The standard InChI is InChI=1S/C23H35N5O3.HI/c1-23(2,3)31-22(29)27-18-11-9-17(10-12-18)13-14-25-21(24-4)26-16-19(28(5)6)20-8-7-15-30-20;/h7-12,15,19H,13-14,16H2,1-6H3,(H,27,29)(H2,24,25,26);1H. The van der Waals surface area contributed by atoms with Crippen LogP contribution < -0.4 is 16.0 Å². The highest BCUT2D eigenvalue weighted by Crippen LogP contribution is 2.17. The molecule has 1 aromatic carbocycles. The first-order valence-corrected chi connectivity index (χ1v) is 10.4. The van der Waals surface area contributed by atoms with Gasteiger partial charge in [0.2, 0.25) is 0 Å². The van der Waals surface area contributed by atoms with Gasteiger partial charge in [0, 0.05) is 25.8 Å². The summed E-state index contributed by atoms with van der Waals surface area (Å²) in [6, 6.07) is 11.7. The van der Waals surface area contributed by atoms with Crippen LogP contribution in [0.4, 0.5) is 10.5 Å². The molecule has 0 saturated carbocycles. The molecule has 2 rings (SSSR count). The largest absolute Gasteiger partial charge is 0.468 e. The van der Waals surface area contributed by atoms with Crippen LogP contribution in [-0.4, -0.2) is 56.8 Å². The number of aliphatic imine (C=N–C) groups is 1. The highest BCUT2D eigenvalue weighted by molar-refractivity contribution is 14.0. The average molecular weight is 557 g/mol. The van der Waals surface area contributed by atoms with Gasteiger partial charge >= 0.3 is 6.09 Å². The van der Waals surface area contributed by atoms with E-state index in [1.54, 1.807) is 13.3 Å². The minimum absolute atomic E-state index is 0. The van der Waals surface area contributed by atoms with Crippen molar-refractivity contribution in [3.63, 3.8) is 0 Å². The summed E-state index contributed by atoms with van der Waals surface area (Å²) >= 11 is 0. The molecule has 1 unspecified atom stereocenters. The molecule has 8 nitrogen and oxygen atoms in total. The summed E-state index contributed by atoms with van der Waals surface area (Å²) in [6.45, 7) is 6.91. The Bertz CT molecular complexity index is 830. The molecule has 0 spiro atoms. The molecule has 32 heavy (non-hydrogen) atoms. The molecule has 0 fully saturated rings. The molecule has 0 saturated heterocycles. The monoisotopic (exact) mass is 557 g/mol. The molecular weight excluding hydrogens is 521 g/mol. The second-order valence-electron chi connectivity index (χ2n) is 8.45. The number of benzene rings is 1. The van der Waals surface area contributed by atoms with Gasteiger partial charge in [-0.3, -0.25) is 15.2 Å². The second-order valence-corrected chi connectivity index (χ2v) is 8.45. The van der Waals surface area contributed by atoms with E-state index < -0.39 is 11.7 Å². The molecule has 3 N–H and O–H groups in total. The first kappa shape index (κ1) is 27.8. The number of rotatable bonds is 8. The summed E-state index contributed by atoms with van der Waals surface area (Å²) in [5, 5.41) is 9.42. The molecule has 2 aromatic rings. The van der Waals surface area contributed by atoms with Crippen LogP contribution in [0.3, 0.4) is 0 Å². The molecule has 0 aliphatic carbocycles. The smallest absolute Gasteiger partial charge is 0.412 e. The van der Waals surface area contributed by atoms with Crippen molar-refractivity contribution in [2.75, 3.05) is 39.5 Å². The number of hydrogen-bond acceptors (Lipinski definition) is 5. The lowest BCUT2D eigenvalue weighted by molar-refractivity contribution is 0.0636. The molecule has 0 aliphatic heterocycles. The number of ether oxygens (including phenoxy) is 1. The number of amides is 1. The van der Waals surface area contributed by atoms with E-state index in [0.717, 1.165) is 30.2 Å². The van der Waals surface area contributed by atoms with Gasteiger partial charge in [-0.05, 0) is 71.1 Å². The Morgan fingerprint density at radius 1 is 1.16 bits per heavy atom. The number of guanidine groups is 1. The van der Waals surface area contributed by atoms with Gasteiger partial charge in [-0.1, -0.05) is 12.1 Å². The van der Waals surface area contributed by atoms with Crippen molar-refractivity contribution in [1.82, 2.24) is 15.5 Å². The first-order chi connectivity index (χ1) is 14.7. The van der Waals surface area contributed by atoms with E-state index in [1.807, 2.05) is 71.3 Å². The average Bonchev–Trinajstić information content (AvgIpc) is 3.20. The maximum atomic E-state index is 11.8. The Balaban J connectivity index is 0.00000512. The Kier molecular flexibility index (Phi) is 11.6. The minimum atomic E-state index is -0.521. The molecule has 1 heterocycles. The number of anilines is 1. The number of furan rings is 1. The quantitative estimate of drug-likeness (QED) is 0.256. The summed E-state index contributed by atoms with van der Waals surface area (Å²) in [7, 11) is 5.79. The van der Waals surface area contributed by atoms with E-state index in [-0.39, 0.29) is 30.0 Å². The van der Waals surface area contributed by atoms with Crippen LogP contribution in [0.25, 0.3) is 0 Å². The normalized spacial score (nSPS) is 12.7. The van der Waals surface area contributed by atoms with Crippen LogP contribution in [0.5, 0.6) is 0 Å². The van der Waals surface area contributed by atoms with Crippen LogP contribution >= 0.6 is 24.0 Å². The van der Waals surface area contributed by atoms with Crippen LogP contribution in [-0.2, 0) is 11.2 Å². The Morgan fingerprint density at radius 3 is 2.38 bits per heavy atom. The number of carbonyl (C=O) groups excluding carboxylic acids is 1. The number of nitrogens with one attached hydrogen (secondary N) is 3. The van der Waals surface area contributed by atoms with Gasteiger partial charge in [-0.2, -0.15) is 0 Å². The van der Waals surface area contributed by atoms with Crippen LogP contribution in [0.15, 0.2) is 52.1 Å². The second kappa shape index (κ2) is 13.3. The van der Waals surface area contributed by atoms with E-state index in [2.05, 4.69) is 25.8 Å². The topological polar surface area (TPSA) is 91.1 Å². The van der Waals surface area contributed by atoms with Gasteiger partial charge in [0.15, 0.2) is 5.96 Å². The van der Waals surface area contributed by atoms with Crippen molar-refractivity contribution < 1.29 is 13.9 Å². The number of nitrogens with zero attached hydrogens (tertiary/aromatic N) is 2. The fourth-order valence-electron chi connectivity index (χ4n) is 2.93. The van der Waals surface area contributed by atoms with Gasteiger partial charge in [0.25, 0.3) is 0 Å². The van der Waals surface area contributed by atoms with Crippen molar-refractivity contribution in [2.24, 2.45) is 4.99 Å². The summed E-state index contributed by atoms with van der Waals surface area (Å²) < 4.78 is 10.8. The zero-order valence-corrected chi connectivity index (χ0v) is 22.1. The van der Waals surface area contributed by atoms with E-state index in [9.17, 15) is 4.79 Å². The summed E-state index contributed by atoms with van der Waals surface area (Å²) in [5.41, 5.74) is 1.34. The number of hydrogen-bond donors (Lipinski definition) is 3. The lowest BCUT2D eigenvalue weighted by atomic mass is 10.1. The number of likely N-dealkylation sites (N-methyl/N-ethyl adjacent to an activating group) is 1. The van der Waals surface area contributed by atoms with Crippen LogP contribution in [0.1, 0.15) is 38.1 Å². The lowest BCUT2D eigenvalue weighted by Crippen LogP contribution is -2.42. The lowest BCUT2D eigenvalue weighted by Gasteiger charge is -2.23. The van der Waals surface area contributed by atoms with Crippen molar-refractivity contribution in [1.29, 1.82) is 0 Å². The zero-order valence-electron chi connectivity index (χ0n) is 19.8. The minimum Gasteiger partial charge on any atom is -0.468 e. The van der Waals surface area contributed by atoms with E-state index in [4.69, 9.17) is 9.15 Å².